The van der Waals surface area contributed by atoms with E-state index in [1.807, 2.05) is 40.9 Å². The molecule has 0 bridgehead atoms. The number of anilines is 1. The number of hydrogen-bond donors (Lipinski definition) is 2. The fourth-order valence-corrected chi connectivity index (χ4v) is 3.25. The van der Waals surface area contributed by atoms with Gasteiger partial charge in [0.1, 0.15) is 0 Å². The Morgan fingerprint density at radius 1 is 1.07 bits per heavy atom. The van der Waals surface area contributed by atoms with Crippen LogP contribution in [0, 0.1) is 13.8 Å². The van der Waals surface area contributed by atoms with E-state index in [2.05, 4.69) is 20.6 Å². The number of nitrogens with zero attached hydrogens (tertiary/aromatic N) is 2. The van der Waals surface area contributed by atoms with Crippen LogP contribution in [0.2, 0.25) is 0 Å². The van der Waals surface area contributed by atoms with Crippen LogP contribution in [0.4, 0.5) is 5.69 Å². The average Bonchev–Trinajstić information content (AvgIpc) is 2.67. The third-order valence-corrected chi connectivity index (χ3v) is 5.50. The van der Waals surface area contributed by atoms with E-state index in [1.54, 1.807) is 24.3 Å². The second-order valence-electron chi connectivity index (χ2n) is 7.68. The van der Waals surface area contributed by atoms with E-state index in [-0.39, 0.29) is 17.4 Å². The van der Waals surface area contributed by atoms with Gasteiger partial charge >= 0.3 is 0 Å². The number of carbonyl (C=O) groups excluding carboxylic acids is 2. The zero-order valence-corrected chi connectivity index (χ0v) is 18.9. The Balaban J connectivity index is 1.94. The predicted octanol–water partition coefficient (Wildman–Crippen LogP) is 4.31. The number of amides is 2. The highest BCUT2D eigenvalue weighted by Gasteiger charge is 2.18. The first kappa shape index (κ1) is 22.9. The molecule has 0 saturated carbocycles. The summed E-state index contributed by atoms with van der Waals surface area (Å²) in [5.41, 5.74) is 3.84. The van der Waals surface area contributed by atoms with Crippen LogP contribution in [-0.4, -0.2) is 33.6 Å². The summed E-state index contributed by atoms with van der Waals surface area (Å²) >= 11 is 1.51. The molecule has 0 saturated heterocycles. The molecule has 0 radical (unpaired) electrons. The Hall–Kier alpha value is -2.41. The first-order valence-corrected chi connectivity index (χ1v) is 11.0. The van der Waals surface area contributed by atoms with Gasteiger partial charge in [0.2, 0.25) is 5.91 Å². The number of benzene rings is 1. The minimum absolute atomic E-state index is 0.0814. The summed E-state index contributed by atoms with van der Waals surface area (Å²) in [6, 6.07) is 6.94. The lowest BCUT2D eigenvalue weighted by Crippen LogP contribution is -2.42. The van der Waals surface area contributed by atoms with Gasteiger partial charge in [0.15, 0.2) is 5.16 Å². The minimum Gasteiger partial charge on any atom is -0.347 e. The lowest BCUT2D eigenvalue weighted by molar-refractivity contribution is -0.116. The Labute approximate surface area is 177 Å². The van der Waals surface area contributed by atoms with E-state index < -0.39 is 0 Å². The van der Waals surface area contributed by atoms with Crippen molar-refractivity contribution in [3.63, 3.8) is 0 Å². The van der Waals surface area contributed by atoms with Crippen LogP contribution >= 0.6 is 11.8 Å². The van der Waals surface area contributed by atoms with Crippen molar-refractivity contribution in [2.24, 2.45) is 0 Å². The number of thioether (sulfide) groups is 1. The first-order valence-electron chi connectivity index (χ1n) is 9.75. The third-order valence-electron chi connectivity index (χ3n) is 4.95. The summed E-state index contributed by atoms with van der Waals surface area (Å²) in [6.07, 6.45) is 3.72. The first-order chi connectivity index (χ1) is 13.6. The molecule has 2 N–H and O–H groups in total. The fourth-order valence-electron chi connectivity index (χ4n) is 2.80. The lowest BCUT2D eigenvalue weighted by Gasteiger charge is -2.24. The molecular weight excluding hydrogens is 384 g/mol. The van der Waals surface area contributed by atoms with Gasteiger partial charge in [-0.25, -0.2) is 9.97 Å². The van der Waals surface area contributed by atoms with E-state index in [9.17, 15) is 9.59 Å². The molecule has 0 aliphatic heterocycles. The maximum Gasteiger partial charge on any atom is 0.251 e. The third kappa shape index (κ3) is 6.56. The maximum absolute atomic E-state index is 12.3. The highest BCUT2D eigenvalue weighted by atomic mass is 32.2. The van der Waals surface area contributed by atoms with Crippen molar-refractivity contribution in [1.82, 2.24) is 15.3 Å². The summed E-state index contributed by atoms with van der Waals surface area (Å²) in [6.45, 7) is 9.91. The SMILES string of the molecule is CCC(C)(C)NC(=O)c1ccc(NC(=O)CCc2c(C)nc(SC)nc2C)cc1. The van der Waals surface area contributed by atoms with Gasteiger partial charge in [-0.3, -0.25) is 9.59 Å². The molecule has 0 aliphatic rings. The van der Waals surface area contributed by atoms with E-state index in [0.29, 0.717) is 24.1 Å². The van der Waals surface area contributed by atoms with Crippen LogP contribution < -0.4 is 10.6 Å². The molecule has 0 fully saturated rings. The molecule has 2 aromatic rings. The zero-order valence-electron chi connectivity index (χ0n) is 18.0. The van der Waals surface area contributed by atoms with Gasteiger partial charge < -0.3 is 10.6 Å². The van der Waals surface area contributed by atoms with Crippen LogP contribution in [0.5, 0.6) is 0 Å². The molecule has 0 spiro atoms. The van der Waals surface area contributed by atoms with Crippen molar-refractivity contribution >= 4 is 29.3 Å². The lowest BCUT2D eigenvalue weighted by atomic mass is 10.0. The maximum atomic E-state index is 12.3. The summed E-state index contributed by atoms with van der Waals surface area (Å²) < 4.78 is 0. The van der Waals surface area contributed by atoms with Gasteiger partial charge in [-0.2, -0.15) is 0 Å². The van der Waals surface area contributed by atoms with Gasteiger partial charge in [-0.15, -0.1) is 0 Å². The Morgan fingerprint density at radius 2 is 1.66 bits per heavy atom. The van der Waals surface area contributed by atoms with Crippen LogP contribution in [0.15, 0.2) is 29.4 Å². The normalized spacial score (nSPS) is 11.2. The number of carbonyl (C=O) groups is 2. The Bertz CT molecular complexity index is 856. The van der Waals surface area contributed by atoms with Crippen molar-refractivity contribution in [2.45, 2.75) is 64.6 Å². The Morgan fingerprint density at radius 3 is 2.17 bits per heavy atom. The minimum atomic E-state index is -0.252. The summed E-state index contributed by atoms with van der Waals surface area (Å²) in [4.78, 5) is 33.6. The van der Waals surface area contributed by atoms with E-state index in [0.717, 1.165) is 28.5 Å². The molecule has 156 valence electrons. The molecular formula is C22H30N4O2S. The van der Waals surface area contributed by atoms with E-state index in [1.165, 1.54) is 11.8 Å². The van der Waals surface area contributed by atoms with Gasteiger partial charge in [0.25, 0.3) is 5.91 Å². The topological polar surface area (TPSA) is 84.0 Å². The van der Waals surface area contributed by atoms with Gasteiger partial charge in [0.05, 0.1) is 0 Å². The van der Waals surface area contributed by atoms with Crippen LogP contribution in [-0.2, 0) is 11.2 Å². The van der Waals surface area contributed by atoms with Gasteiger partial charge in [0, 0.05) is 34.6 Å². The number of hydrogen-bond acceptors (Lipinski definition) is 5. The molecule has 1 aromatic carbocycles. The largest absolute Gasteiger partial charge is 0.347 e. The van der Waals surface area contributed by atoms with Crippen LogP contribution in [0.1, 0.15) is 60.9 Å². The molecule has 7 heteroatoms. The van der Waals surface area contributed by atoms with E-state index in [4.69, 9.17) is 0 Å². The number of rotatable bonds is 8. The molecule has 6 nitrogen and oxygen atoms in total. The molecule has 29 heavy (non-hydrogen) atoms. The molecule has 2 amide bonds. The quantitative estimate of drug-likeness (QED) is 0.497. The van der Waals surface area contributed by atoms with Crippen molar-refractivity contribution in [3.8, 4) is 0 Å². The number of nitrogens with one attached hydrogen (secondary N) is 2. The second-order valence-corrected chi connectivity index (χ2v) is 8.45. The average molecular weight is 415 g/mol. The summed E-state index contributed by atoms with van der Waals surface area (Å²) in [5, 5.41) is 6.63. The highest BCUT2D eigenvalue weighted by Crippen LogP contribution is 2.18. The van der Waals surface area contributed by atoms with Gasteiger partial charge in [-0.1, -0.05) is 18.7 Å². The second kappa shape index (κ2) is 9.87. The monoisotopic (exact) mass is 414 g/mol. The molecule has 2 rings (SSSR count). The number of aromatic nitrogens is 2. The van der Waals surface area contributed by atoms with Crippen LogP contribution in [0.25, 0.3) is 0 Å². The van der Waals surface area contributed by atoms with Crippen molar-refractivity contribution < 1.29 is 9.59 Å². The summed E-state index contributed by atoms with van der Waals surface area (Å²) in [5.74, 6) is -0.198. The van der Waals surface area contributed by atoms with Crippen LogP contribution in [0.3, 0.4) is 0 Å². The molecule has 0 aliphatic carbocycles. The molecule has 0 unspecified atom stereocenters. The predicted molar refractivity (Wildman–Crippen MR) is 119 cm³/mol. The molecule has 1 heterocycles. The highest BCUT2D eigenvalue weighted by molar-refractivity contribution is 7.98. The van der Waals surface area contributed by atoms with Crippen molar-refractivity contribution in [2.75, 3.05) is 11.6 Å². The van der Waals surface area contributed by atoms with Gasteiger partial charge in [-0.05, 0) is 76.6 Å². The van der Waals surface area contributed by atoms with E-state index >= 15 is 0 Å². The molecule has 0 atom stereocenters. The fraction of sp³-hybridized carbons (Fsp3) is 0.455. The smallest absolute Gasteiger partial charge is 0.251 e. The van der Waals surface area contributed by atoms with Crippen molar-refractivity contribution in [3.05, 3.63) is 46.8 Å². The standard InChI is InChI=1S/C22H30N4O2S/c1-7-22(4,5)26-20(28)16-8-10-17(11-9-16)25-19(27)13-12-18-14(2)23-21(29-6)24-15(18)3/h8-11H,7,12-13H2,1-6H3,(H,25,27)(H,26,28). The summed E-state index contributed by atoms with van der Waals surface area (Å²) in [7, 11) is 0. The molecule has 1 aromatic heterocycles. The van der Waals surface area contributed by atoms with Crippen molar-refractivity contribution in [1.29, 1.82) is 0 Å². The number of aryl methyl sites for hydroxylation is 2. The zero-order chi connectivity index (χ0) is 21.6. The Kier molecular flexibility index (Phi) is 7.79.